The van der Waals surface area contributed by atoms with Crippen molar-refractivity contribution in [2.75, 3.05) is 11.9 Å². The van der Waals surface area contributed by atoms with Gasteiger partial charge in [0.1, 0.15) is 5.54 Å². The Kier molecular flexibility index (Phi) is 3.27. The van der Waals surface area contributed by atoms with Gasteiger partial charge in [0.05, 0.1) is 0 Å². The number of carboxylic acid groups (broad SMARTS) is 1. The molecule has 1 rings (SSSR count). The van der Waals surface area contributed by atoms with E-state index < -0.39 is 11.5 Å². The van der Waals surface area contributed by atoms with E-state index in [-0.39, 0.29) is 0 Å². The summed E-state index contributed by atoms with van der Waals surface area (Å²) in [5.74, 6) is -0.824. The second-order valence-corrected chi connectivity index (χ2v) is 4.71. The molecule has 3 heteroatoms. The first-order valence-electron chi connectivity index (χ1n) is 5.31. The maximum Gasteiger partial charge on any atom is 0.328 e. The van der Waals surface area contributed by atoms with Crippen LogP contribution in [0.2, 0.25) is 0 Å². The molecule has 0 heterocycles. The Labute approximate surface area is 96.7 Å². The highest BCUT2D eigenvalue weighted by atomic mass is 16.4. The monoisotopic (exact) mass is 221 g/mol. The van der Waals surface area contributed by atoms with Gasteiger partial charge in [0.15, 0.2) is 0 Å². The molecule has 0 aliphatic heterocycles. The number of aliphatic carboxylic acids is 1. The normalized spacial score (nSPS) is 11.3. The maximum absolute atomic E-state index is 11.2. The van der Waals surface area contributed by atoms with Gasteiger partial charge in [-0.05, 0) is 39.3 Å². The second-order valence-electron chi connectivity index (χ2n) is 4.71. The summed E-state index contributed by atoms with van der Waals surface area (Å²) in [5, 5.41) is 9.18. The predicted molar refractivity (Wildman–Crippen MR) is 66.0 cm³/mol. The third kappa shape index (κ3) is 2.18. The number of carbonyl (C=O) groups is 1. The minimum atomic E-state index is -0.903. The predicted octanol–water partition coefficient (Wildman–Crippen LogP) is 2.60. The molecule has 0 spiro atoms. The number of anilines is 1. The van der Waals surface area contributed by atoms with Crippen molar-refractivity contribution in [1.82, 2.24) is 0 Å². The van der Waals surface area contributed by atoms with Crippen molar-refractivity contribution in [2.24, 2.45) is 0 Å². The van der Waals surface area contributed by atoms with Gasteiger partial charge in [-0.1, -0.05) is 17.7 Å². The topological polar surface area (TPSA) is 40.5 Å². The van der Waals surface area contributed by atoms with Gasteiger partial charge in [0.25, 0.3) is 0 Å². The van der Waals surface area contributed by atoms with E-state index in [4.69, 9.17) is 0 Å². The number of likely N-dealkylation sites (N-methyl/N-ethyl adjacent to an activating group) is 1. The molecule has 0 amide bonds. The van der Waals surface area contributed by atoms with E-state index in [1.807, 2.05) is 33.0 Å². The molecule has 0 aliphatic carbocycles. The summed E-state index contributed by atoms with van der Waals surface area (Å²) >= 11 is 0. The molecule has 0 saturated heterocycles. The Bertz CT molecular complexity index is 410. The molecule has 0 bridgehead atoms. The van der Waals surface area contributed by atoms with E-state index in [0.717, 1.165) is 11.3 Å². The first-order valence-corrected chi connectivity index (χ1v) is 5.31. The van der Waals surface area contributed by atoms with Crippen LogP contribution in [-0.4, -0.2) is 23.7 Å². The van der Waals surface area contributed by atoms with Gasteiger partial charge >= 0.3 is 5.97 Å². The quantitative estimate of drug-likeness (QED) is 0.853. The second kappa shape index (κ2) is 4.16. The third-order valence-electron chi connectivity index (χ3n) is 3.08. The van der Waals surface area contributed by atoms with Crippen molar-refractivity contribution >= 4 is 11.7 Å². The fraction of sp³-hybridized carbons (Fsp3) is 0.462. The summed E-state index contributed by atoms with van der Waals surface area (Å²) in [6.45, 7) is 7.43. The fourth-order valence-electron chi connectivity index (χ4n) is 1.63. The Balaban J connectivity index is 3.14. The molecule has 0 aromatic heterocycles. The summed E-state index contributed by atoms with van der Waals surface area (Å²) < 4.78 is 0. The van der Waals surface area contributed by atoms with Gasteiger partial charge in [0, 0.05) is 12.7 Å². The molecule has 1 N–H and O–H groups in total. The largest absolute Gasteiger partial charge is 0.480 e. The Morgan fingerprint density at radius 2 is 1.88 bits per heavy atom. The standard InChI is InChI=1S/C13H19NO2/c1-9-6-7-11(10(2)8-9)14(5)13(3,4)12(15)16/h6-8H,1-5H3,(H,15,16). The molecule has 0 aliphatic rings. The van der Waals surface area contributed by atoms with Crippen molar-refractivity contribution in [2.45, 2.75) is 33.2 Å². The zero-order valence-electron chi connectivity index (χ0n) is 10.5. The molecular weight excluding hydrogens is 202 g/mol. The Hall–Kier alpha value is -1.51. The van der Waals surface area contributed by atoms with E-state index in [1.165, 1.54) is 5.56 Å². The van der Waals surface area contributed by atoms with Crippen LogP contribution >= 0.6 is 0 Å². The average molecular weight is 221 g/mol. The Morgan fingerprint density at radius 1 is 1.31 bits per heavy atom. The molecule has 0 radical (unpaired) electrons. The van der Waals surface area contributed by atoms with Gasteiger partial charge in [-0.25, -0.2) is 4.79 Å². The minimum Gasteiger partial charge on any atom is -0.480 e. The minimum absolute atomic E-state index is 0.824. The van der Waals surface area contributed by atoms with Gasteiger partial charge in [-0.2, -0.15) is 0 Å². The fourth-order valence-corrected chi connectivity index (χ4v) is 1.63. The number of rotatable bonds is 3. The first-order chi connectivity index (χ1) is 7.26. The molecule has 88 valence electrons. The van der Waals surface area contributed by atoms with Crippen LogP contribution in [0.1, 0.15) is 25.0 Å². The van der Waals surface area contributed by atoms with E-state index in [9.17, 15) is 9.90 Å². The molecule has 0 unspecified atom stereocenters. The molecule has 3 nitrogen and oxygen atoms in total. The van der Waals surface area contributed by atoms with Crippen LogP contribution in [0.15, 0.2) is 18.2 Å². The molecule has 0 fully saturated rings. The average Bonchev–Trinajstić information content (AvgIpc) is 2.16. The highest BCUT2D eigenvalue weighted by Gasteiger charge is 2.32. The number of aryl methyl sites for hydroxylation is 2. The molecular formula is C13H19NO2. The summed E-state index contributed by atoms with van der Waals surface area (Å²) in [4.78, 5) is 13.0. The molecule has 1 aromatic carbocycles. The SMILES string of the molecule is Cc1ccc(N(C)C(C)(C)C(=O)O)c(C)c1. The number of carboxylic acids is 1. The van der Waals surface area contributed by atoms with Crippen molar-refractivity contribution in [3.8, 4) is 0 Å². The van der Waals surface area contributed by atoms with E-state index >= 15 is 0 Å². The molecule has 0 saturated carbocycles. The van der Waals surface area contributed by atoms with Crippen molar-refractivity contribution < 1.29 is 9.90 Å². The first kappa shape index (κ1) is 12.6. The zero-order chi connectivity index (χ0) is 12.5. The van der Waals surface area contributed by atoms with Crippen LogP contribution in [0.25, 0.3) is 0 Å². The summed E-state index contributed by atoms with van der Waals surface area (Å²) in [6.07, 6.45) is 0. The zero-order valence-corrected chi connectivity index (χ0v) is 10.5. The van der Waals surface area contributed by atoms with Crippen LogP contribution in [0, 0.1) is 13.8 Å². The number of benzene rings is 1. The number of hydrogen-bond donors (Lipinski definition) is 1. The lowest BCUT2D eigenvalue weighted by Gasteiger charge is -2.34. The Morgan fingerprint density at radius 3 is 2.31 bits per heavy atom. The summed E-state index contributed by atoms with van der Waals surface area (Å²) in [6, 6.07) is 6.02. The highest BCUT2D eigenvalue weighted by molar-refractivity contribution is 5.82. The lowest BCUT2D eigenvalue weighted by Crippen LogP contribution is -2.48. The van der Waals surface area contributed by atoms with Crippen LogP contribution < -0.4 is 4.90 Å². The third-order valence-corrected chi connectivity index (χ3v) is 3.08. The van der Waals surface area contributed by atoms with E-state index in [2.05, 4.69) is 6.07 Å². The van der Waals surface area contributed by atoms with Gasteiger partial charge in [-0.15, -0.1) is 0 Å². The van der Waals surface area contributed by atoms with E-state index in [1.54, 1.807) is 18.7 Å². The van der Waals surface area contributed by atoms with Gasteiger partial charge in [0.2, 0.25) is 0 Å². The number of hydrogen-bond acceptors (Lipinski definition) is 2. The van der Waals surface area contributed by atoms with Crippen LogP contribution in [0.3, 0.4) is 0 Å². The molecule has 1 aromatic rings. The molecule has 0 atom stereocenters. The smallest absolute Gasteiger partial charge is 0.328 e. The lowest BCUT2D eigenvalue weighted by atomic mass is 10.0. The number of nitrogens with zero attached hydrogens (tertiary/aromatic N) is 1. The lowest BCUT2D eigenvalue weighted by molar-refractivity contribution is -0.142. The summed E-state index contributed by atoms with van der Waals surface area (Å²) in [5.41, 5.74) is 2.33. The van der Waals surface area contributed by atoms with Crippen molar-refractivity contribution in [3.63, 3.8) is 0 Å². The van der Waals surface area contributed by atoms with Gasteiger partial charge < -0.3 is 10.0 Å². The maximum atomic E-state index is 11.2. The van der Waals surface area contributed by atoms with Gasteiger partial charge in [-0.3, -0.25) is 0 Å². The highest BCUT2D eigenvalue weighted by Crippen LogP contribution is 2.26. The van der Waals surface area contributed by atoms with Crippen LogP contribution in [-0.2, 0) is 4.79 Å². The van der Waals surface area contributed by atoms with Crippen LogP contribution in [0.5, 0.6) is 0 Å². The van der Waals surface area contributed by atoms with Crippen molar-refractivity contribution in [3.05, 3.63) is 29.3 Å². The van der Waals surface area contributed by atoms with Crippen LogP contribution in [0.4, 0.5) is 5.69 Å². The molecule has 16 heavy (non-hydrogen) atoms. The van der Waals surface area contributed by atoms with Crippen molar-refractivity contribution in [1.29, 1.82) is 0 Å². The van der Waals surface area contributed by atoms with E-state index in [0.29, 0.717) is 0 Å². The summed E-state index contributed by atoms with van der Waals surface area (Å²) in [7, 11) is 1.81.